The minimum atomic E-state index is -4.09. The molecule has 7 nitrogen and oxygen atoms in total. The third kappa shape index (κ3) is 3.64. The Balaban J connectivity index is 1.96. The molecule has 0 atom stereocenters. The number of sulfonamides is 1. The van der Waals surface area contributed by atoms with Crippen LogP contribution in [-0.2, 0) is 10.0 Å². The lowest BCUT2D eigenvalue weighted by Gasteiger charge is -2.11. The van der Waals surface area contributed by atoms with Crippen LogP contribution in [0.4, 0.5) is 11.5 Å². The number of nitrogen functional groups attached to an aromatic ring is 1. The molecule has 0 spiro atoms. The van der Waals surface area contributed by atoms with Crippen molar-refractivity contribution in [3.05, 3.63) is 72.7 Å². The number of hydrogen-bond acceptors (Lipinski definition) is 6. The molecule has 0 fully saturated rings. The molecule has 4 N–H and O–H groups in total. The quantitative estimate of drug-likeness (QED) is 0.491. The van der Waals surface area contributed by atoms with E-state index in [-0.39, 0.29) is 11.4 Å². The molecule has 0 amide bonds. The predicted octanol–water partition coefficient (Wildman–Crippen LogP) is 2.49. The van der Waals surface area contributed by atoms with Crippen LogP contribution in [0.2, 0.25) is 0 Å². The summed E-state index contributed by atoms with van der Waals surface area (Å²) in [5.74, 6) is -0.0314. The number of para-hydroxylation sites is 1. The molecule has 25 heavy (non-hydrogen) atoms. The highest BCUT2D eigenvalue weighted by atomic mass is 32.2. The second kappa shape index (κ2) is 6.70. The predicted molar refractivity (Wildman–Crippen MR) is 97.7 cm³/mol. The second-order valence-corrected chi connectivity index (χ2v) is 6.82. The van der Waals surface area contributed by atoms with Gasteiger partial charge >= 0.3 is 0 Å². The molecular weight excluding hydrogens is 338 g/mol. The van der Waals surface area contributed by atoms with E-state index in [2.05, 4.69) is 14.7 Å². The monoisotopic (exact) mass is 353 g/mol. The van der Waals surface area contributed by atoms with E-state index in [1.165, 1.54) is 12.3 Å². The van der Waals surface area contributed by atoms with Crippen molar-refractivity contribution in [2.45, 2.75) is 0 Å². The summed E-state index contributed by atoms with van der Waals surface area (Å²) in [7, 11) is -4.09. The Hall–Kier alpha value is -3.26. The zero-order valence-corrected chi connectivity index (χ0v) is 13.9. The molecule has 0 radical (unpaired) electrons. The molecule has 0 bridgehead atoms. The number of hydrogen-bond donors (Lipinski definition) is 3. The van der Waals surface area contributed by atoms with Crippen LogP contribution in [0.5, 0.6) is 0 Å². The van der Waals surface area contributed by atoms with Crippen LogP contribution >= 0.6 is 0 Å². The summed E-state index contributed by atoms with van der Waals surface area (Å²) >= 11 is 0. The van der Waals surface area contributed by atoms with Gasteiger partial charge in [0.15, 0.2) is 5.04 Å². The van der Waals surface area contributed by atoms with Crippen LogP contribution < -0.4 is 10.5 Å². The number of nitrogens with zero attached hydrogens (tertiary/aromatic N) is 2. The molecule has 126 valence electrons. The lowest BCUT2D eigenvalue weighted by Crippen LogP contribution is -2.24. The highest BCUT2D eigenvalue weighted by molar-refractivity contribution is 8.07. The SMILES string of the molecule is N=C(c1cc(-c2cccnc2)cnc1N)S(=O)(=O)Nc1ccccc1. The van der Waals surface area contributed by atoms with Crippen molar-refractivity contribution in [3.63, 3.8) is 0 Å². The van der Waals surface area contributed by atoms with Crippen molar-refractivity contribution in [3.8, 4) is 11.1 Å². The fourth-order valence-corrected chi connectivity index (χ4v) is 3.21. The molecule has 0 saturated heterocycles. The minimum absolute atomic E-state index is 0.0314. The van der Waals surface area contributed by atoms with E-state index in [1.54, 1.807) is 48.8 Å². The number of nitrogens with one attached hydrogen (secondary N) is 2. The first-order chi connectivity index (χ1) is 12.0. The van der Waals surface area contributed by atoms with Gasteiger partial charge in [0.1, 0.15) is 5.82 Å². The van der Waals surface area contributed by atoms with E-state index in [1.807, 2.05) is 6.07 Å². The number of benzene rings is 1. The fourth-order valence-electron chi connectivity index (χ4n) is 2.21. The maximum atomic E-state index is 12.5. The largest absolute Gasteiger partial charge is 0.383 e. The first kappa shape index (κ1) is 16.6. The van der Waals surface area contributed by atoms with E-state index in [4.69, 9.17) is 11.1 Å². The Morgan fingerprint density at radius 2 is 1.80 bits per heavy atom. The number of pyridine rings is 2. The number of nitrogens with two attached hydrogens (primary N) is 1. The van der Waals surface area contributed by atoms with Gasteiger partial charge in [-0.1, -0.05) is 24.3 Å². The van der Waals surface area contributed by atoms with Crippen molar-refractivity contribution in [2.75, 3.05) is 10.5 Å². The van der Waals surface area contributed by atoms with E-state index in [0.29, 0.717) is 11.3 Å². The van der Waals surface area contributed by atoms with Gasteiger partial charge < -0.3 is 5.73 Å². The van der Waals surface area contributed by atoms with Gasteiger partial charge in [0, 0.05) is 35.4 Å². The standard InChI is InChI=1S/C17H15N5O2S/c18-16-15(9-13(11-21-16)12-5-4-8-20-10-12)17(19)25(23,24)22-14-6-2-1-3-7-14/h1-11,19,22H,(H2,18,21). The van der Waals surface area contributed by atoms with Crippen molar-refractivity contribution < 1.29 is 8.42 Å². The molecule has 0 aliphatic rings. The Morgan fingerprint density at radius 1 is 1.04 bits per heavy atom. The fraction of sp³-hybridized carbons (Fsp3) is 0. The zero-order chi connectivity index (χ0) is 17.9. The van der Waals surface area contributed by atoms with E-state index in [0.717, 1.165) is 5.56 Å². The number of rotatable bonds is 4. The topological polar surface area (TPSA) is 122 Å². The first-order valence-corrected chi connectivity index (χ1v) is 8.78. The highest BCUT2D eigenvalue weighted by Gasteiger charge is 2.23. The summed E-state index contributed by atoms with van der Waals surface area (Å²) in [6, 6.07) is 13.4. The van der Waals surface area contributed by atoms with Gasteiger partial charge in [-0.05, 0) is 24.3 Å². The van der Waals surface area contributed by atoms with Gasteiger partial charge in [-0.25, -0.2) is 4.98 Å². The van der Waals surface area contributed by atoms with Crippen LogP contribution in [0.1, 0.15) is 5.56 Å². The van der Waals surface area contributed by atoms with Gasteiger partial charge in [-0.3, -0.25) is 15.1 Å². The molecule has 1 aromatic carbocycles. The van der Waals surface area contributed by atoms with Crippen LogP contribution in [0, 0.1) is 5.41 Å². The van der Waals surface area contributed by atoms with E-state index < -0.39 is 15.1 Å². The van der Waals surface area contributed by atoms with Crippen molar-refractivity contribution in [1.29, 1.82) is 5.41 Å². The van der Waals surface area contributed by atoms with Crippen LogP contribution in [0.3, 0.4) is 0 Å². The van der Waals surface area contributed by atoms with E-state index >= 15 is 0 Å². The highest BCUT2D eigenvalue weighted by Crippen LogP contribution is 2.23. The summed E-state index contributed by atoms with van der Waals surface area (Å²) in [4.78, 5) is 8.03. The molecule has 3 aromatic rings. The molecule has 0 unspecified atom stereocenters. The Kier molecular flexibility index (Phi) is 4.44. The molecule has 0 aliphatic heterocycles. The van der Waals surface area contributed by atoms with Crippen LogP contribution in [0.15, 0.2) is 67.1 Å². The van der Waals surface area contributed by atoms with Crippen molar-refractivity contribution in [1.82, 2.24) is 9.97 Å². The Morgan fingerprint density at radius 3 is 2.48 bits per heavy atom. The number of aromatic nitrogens is 2. The third-order valence-corrected chi connectivity index (χ3v) is 4.71. The van der Waals surface area contributed by atoms with Crippen LogP contribution in [-0.4, -0.2) is 23.4 Å². The van der Waals surface area contributed by atoms with Gasteiger partial charge in [-0.15, -0.1) is 0 Å². The lowest BCUT2D eigenvalue weighted by molar-refractivity contribution is 0.611. The molecule has 0 aliphatic carbocycles. The molecule has 2 heterocycles. The first-order valence-electron chi connectivity index (χ1n) is 7.30. The Labute approximate surface area is 145 Å². The molecule has 2 aromatic heterocycles. The average Bonchev–Trinajstić information content (AvgIpc) is 2.63. The summed E-state index contributed by atoms with van der Waals surface area (Å²) in [5, 5.41) is 7.45. The summed E-state index contributed by atoms with van der Waals surface area (Å²) in [6.45, 7) is 0. The van der Waals surface area contributed by atoms with Crippen molar-refractivity contribution >= 4 is 26.6 Å². The third-order valence-electron chi connectivity index (χ3n) is 3.45. The molecule has 3 rings (SSSR count). The Bertz CT molecular complexity index is 1010. The summed E-state index contributed by atoms with van der Waals surface area (Å²) < 4.78 is 27.3. The summed E-state index contributed by atoms with van der Waals surface area (Å²) in [6.07, 6.45) is 4.77. The average molecular weight is 353 g/mol. The maximum Gasteiger partial charge on any atom is 0.279 e. The summed E-state index contributed by atoms with van der Waals surface area (Å²) in [5.41, 5.74) is 7.56. The van der Waals surface area contributed by atoms with Gasteiger partial charge in [0.2, 0.25) is 0 Å². The number of anilines is 2. The van der Waals surface area contributed by atoms with Gasteiger partial charge in [-0.2, -0.15) is 8.42 Å². The lowest BCUT2D eigenvalue weighted by atomic mass is 10.1. The molecule has 0 saturated carbocycles. The maximum absolute atomic E-state index is 12.5. The van der Waals surface area contributed by atoms with Crippen molar-refractivity contribution in [2.24, 2.45) is 0 Å². The molecular formula is C17H15N5O2S. The second-order valence-electron chi connectivity index (χ2n) is 5.20. The normalized spacial score (nSPS) is 11.0. The van der Waals surface area contributed by atoms with Gasteiger partial charge in [0.25, 0.3) is 10.0 Å². The molecule has 8 heteroatoms. The zero-order valence-electron chi connectivity index (χ0n) is 13.0. The van der Waals surface area contributed by atoms with Gasteiger partial charge in [0.05, 0.1) is 5.56 Å². The smallest absolute Gasteiger partial charge is 0.279 e. The van der Waals surface area contributed by atoms with Crippen LogP contribution in [0.25, 0.3) is 11.1 Å². The van der Waals surface area contributed by atoms with E-state index in [9.17, 15) is 8.42 Å². The minimum Gasteiger partial charge on any atom is -0.383 e.